The first-order valence-electron chi connectivity index (χ1n) is 15.9. The second-order valence-electron chi connectivity index (χ2n) is 11.5. The minimum absolute atomic E-state index is 0.0796. The molecule has 47 heavy (non-hydrogen) atoms. The molecule has 1 saturated heterocycles. The van der Waals surface area contributed by atoms with Gasteiger partial charge in [-0.3, -0.25) is 4.79 Å². The molecule has 2 aliphatic heterocycles. The predicted molar refractivity (Wildman–Crippen MR) is 175 cm³/mol. The van der Waals surface area contributed by atoms with E-state index in [0.717, 1.165) is 22.3 Å². The Kier molecular flexibility index (Phi) is 12.1. The van der Waals surface area contributed by atoms with Crippen molar-refractivity contribution in [2.45, 2.75) is 63.4 Å². The molecule has 0 radical (unpaired) electrons. The maximum atomic E-state index is 11.8. The van der Waals surface area contributed by atoms with Crippen LogP contribution in [0.4, 0.5) is 0 Å². The van der Waals surface area contributed by atoms with Gasteiger partial charge in [-0.25, -0.2) is 0 Å². The molecule has 1 unspecified atom stereocenters. The van der Waals surface area contributed by atoms with Gasteiger partial charge >= 0.3 is 0 Å². The van der Waals surface area contributed by atoms with Crippen molar-refractivity contribution in [3.05, 3.63) is 156 Å². The molecule has 8 nitrogen and oxygen atoms in total. The average molecular weight is 637 g/mol. The second kappa shape index (κ2) is 17.2. The van der Waals surface area contributed by atoms with Crippen LogP contribution in [0.2, 0.25) is 0 Å². The third kappa shape index (κ3) is 9.76. The number of carbonyl (C=O) groups is 1. The Labute approximate surface area is 275 Å². The maximum Gasteiger partial charge on any atom is 0.190 e. The zero-order valence-corrected chi connectivity index (χ0v) is 26.2. The summed E-state index contributed by atoms with van der Waals surface area (Å²) >= 11 is 0. The van der Waals surface area contributed by atoms with E-state index < -0.39 is 37.0 Å². The summed E-state index contributed by atoms with van der Waals surface area (Å²) in [5.41, 5.74) is 4.06. The molecule has 1 fully saturated rings. The standard InChI is InChI=1S/C39H40O8/c40-33-21-22-35(42-27-33)47-39-38(45-26-32-19-11-4-12-20-32)37(44-25-31-17-9-3-10-18-31)36(43-24-30-15-7-2-8-16-30)34(46-39)28-41-23-29-13-5-1-6-14-29/h1-22,34-39H,23-28H2/t34-,35-,36-,37+,38-,39?/m1/s1. The zero-order valence-electron chi connectivity index (χ0n) is 26.2. The molecule has 0 bridgehead atoms. The lowest BCUT2D eigenvalue weighted by Crippen LogP contribution is -2.62. The van der Waals surface area contributed by atoms with Gasteiger partial charge in [-0.15, -0.1) is 0 Å². The van der Waals surface area contributed by atoms with E-state index in [2.05, 4.69) is 0 Å². The number of hydrogen-bond acceptors (Lipinski definition) is 8. The minimum atomic E-state index is -0.927. The highest BCUT2D eigenvalue weighted by atomic mass is 16.8. The molecule has 4 aromatic carbocycles. The van der Waals surface area contributed by atoms with Crippen LogP contribution in [0.25, 0.3) is 0 Å². The largest absolute Gasteiger partial charge is 0.374 e. The molecular formula is C39H40O8. The van der Waals surface area contributed by atoms with Gasteiger partial charge in [-0.2, -0.15) is 0 Å². The summed E-state index contributed by atoms with van der Waals surface area (Å²) in [6.07, 6.45) is -1.19. The fourth-order valence-corrected chi connectivity index (χ4v) is 5.53. The van der Waals surface area contributed by atoms with Crippen LogP contribution in [-0.4, -0.2) is 56.0 Å². The number of ether oxygens (including phenoxy) is 7. The fraction of sp³-hybridized carbons (Fsp3) is 0.308. The van der Waals surface area contributed by atoms with Gasteiger partial charge in [0, 0.05) is 0 Å². The zero-order chi connectivity index (χ0) is 32.1. The van der Waals surface area contributed by atoms with Crippen LogP contribution in [0.3, 0.4) is 0 Å². The van der Waals surface area contributed by atoms with Gasteiger partial charge < -0.3 is 33.2 Å². The fourth-order valence-electron chi connectivity index (χ4n) is 5.53. The van der Waals surface area contributed by atoms with Crippen LogP contribution >= 0.6 is 0 Å². The molecule has 0 N–H and O–H groups in total. The maximum absolute atomic E-state index is 11.8. The average Bonchev–Trinajstić information content (AvgIpc) is 3.12. The molecule has 0 amide bonds. The first kappa shape index (κ1) is 32.9. The van der Waals surface area contributed by atoms with Crippen LogP contribution in [0, 0.1) is 0 Å². The summed E-state index contributed by atoms with van der Waals surface area (Å²) in [5, 5.41) is 0. The van der Waals surface area contributed by atoms with Gasteiger partial charge in [0.2, 0.25) is 0 Å². The summed E-state index contributed by atoms with van der Waals surface area (Å²) in [6, 6.07) is 39.8. The quantitative estimate of drug-likeness (QED) is 0.153. The van der Waals surface area contributed by atoms with Crippen molar-refractivity contribution in [3.63, 3.8) is 0 Å². The summed E-state index contributed by atoms with van der Waals surface area (Å²) < 4.78 is 44.9. The van der Waals surface area contributed by atoms with Crippen molar-refractivity contribution < 1.29 is 38.0 Å². The van der Waals surface area contributed by atoms with Crippen molar-refractivity contribution in [1.82, 2.24) is 0 Å². The van der Waals surface area contributed by atoms with Gasteiger partial charge in [0.25, 0.3) is 0 Å². The van der Waals surface area contributed by atoms with Crippen molar-refractivity contribution in [1.29, 1.82) is 0 Å². The Bertz CT molecular complexity index is 1520. The molecule has 0 saturated carbocycles. The van der Waals surface area contributed by atoms with E-state index in [9.17, 15) is 4.79 Å². The van der Waals surface area contributed by atoms with E-state index in [1.807, 2.05) is 121 Å². The molecule has 0 aliphatic carbocycles. The second-order valence-corrected chi connectivity index (χ2v) is 11.5. The van der Waals surface area contributed by atoms with E-state index in [0.29, 0.717) is 26.4 Å². The number of ketones is 1. The Morgan fingerprint density at radius 2 is 1.04 bits per heavy atom. The number of carbonyl (C=O) groups excluding carboxylic acids is 1. The van der Waals surface area contributed by atoms with Crippen molar-refractivity contribution >= 4 is 5.78 Å². The molecule has 2 aliphatic rings. The molecule has 244 valence electrons. The summed E-state index contributed by atoms with van der Waals surface area (Å²) in [6.45, 7) is 1.48. The van der Waals surface area contributed by atoms with Crippen molar-refractivity contribution in [3.8, 4) is 0 Å². The van der Waals surface area contributed by atoms with E-state index in [1.165, 1.54) is 6.08 Å². The summed E-state index contributed by atoms with van der Waals surface area (Å²) in [4.78, 5) is 11.8. The van der Waals surface area contributed by atoms with Gasteiger partial charge in [-0.05, 0) is 34.4 Å². The van der Waals surface area contributed by atoms with Gasteiger partial charge in [0.15, 0.2) is 18.4 Å². The van der Waals surface area contributed by atoms with Crippen LogP contribution < -0.4 is 0 Å². The Hall–Kier alpha value is -3.99. The van der Waals surface area contributed by atoms with Crippen LogP contribution in [0.1, 0.15) is 22.3 Å². The topological polar surface area (TPSA) is 81.7 Å². The van der Waals surface area contributed by atoms with Crippen LogP contribution in [0.5, 0.6) is 0 Å². The van der Waals surface area contributed by atoms with E-state index in [1.54, 1.807) is 6.08 Å². The Morgan fingerprint density at radius 1 is 0.574 bits per heavy atom. The normalized spacial score (nSPS) is 24.3. The Morgan fingerprint density at radius 3 is 1.53 bits per heavy atom. The number of rotatable bonds is 15. The van der Waals surface area contributed by atoms with Crippen molar-refractivity contribution in [2.24, 2.45) is 0 Å². The number of benzene rings is 4. The third-order valence-electron chi connectivity index (χ3n) is 7.94. The molecule has 6 atom stereocenters. The van der Waals surface area contributed by atoms with E-state index in [-0.39, 0.29) is 19.0 Å². The lowest BCUT2D eigenvalue weighted by atomic mass is 9.97. The highest BCUT2D eigenvalue weighted by molar-refractivity contribution is 5.91. The van der Waals surface area contributed by atoms with Gasteiger partial charge in [-0.1, -0.05) is 121 Å². The lowest BCUT2D eigenvalue weighted by Gasteiger charge is -2.46. The molecule has 8 heteroatoms. The molecular weight excluding hydrogens is 596 g/mol. The first-order chi connectivity index (χ1) is 23.2. The lowest BCUT2D eigenvalue weighted by molar-refractivity contribution is -0.349. The monoisotopic (exact) mass is 636 g/mol. The summed E-state index contributed by atoms with van der Waals surface area (Å²) in [7, 11) is 0. The van der Waals surface area contributed by atoms with Gasteiger partial charge in [0.1, 0.15) is 31.0 Å². The molecule has 2 heterocycles. The Balaban J connectivity index is 1.30. The molecule has 0 spiro atoms. The minimum Gasteiger partial charge on any atom is -0.374 e. The van der Waals surface area contributed by atoms with Crippen LogP contribution in [-0.2, 0) is 64.4 Å². The highest BCUT2D eigenvalue weighted by Gasteiger charge is 2.50. The first-order valence-corrected chi connectivity index (χ1v) is 15.9. The molecule has 0 aromatic heterocycles. The third-order valence-corrected chi connectivity index (χ3v) is 7.94. The number of hydrogen-bond donors (Lipinski definition) is 0. The smallest absolute Gasteiger partial charge is 0.190 e. The summed E-state index contributed by atoms with van der Waals surface area (Å²) in [5.74, 6) is -0.128. The predicted octanol–water partition coefficient (Wildman–Crippen LogP) is 6.18. The van der Waals surface area contributed by atoms with E-state index >= 15 is 0 Å². The van der Waals surface area contributed by atoms with Gasteiger partial charge in [0.05, 0.1) is 33.0 Å². The molecule has 6 rings (SSSR count). The highest BCUT2D eigenvalue weighted by Crippen LogP contribution is 2.32. The SMILES string of the molecule is O=C1C=C[C@@H](OC2O[C@H](COCc3ccccc3)[C@@H](OCc3ccccc3)[C@H](OCc3ccccc3)[C@H]2OCc2ccccc2)OC1. The van der Waals surface area contributed by atoms with Crippen LogP contribution in [0.15, 0.2) is 133 Å². The van der Waals surface area contributed by atoms with E-state index in [4.69, 9.17) is 33.2 Å². The van der Waals surface area contributed by atoms with Crippen molar-refractivity contribution in [2.75, 3.05) is 13.2 Å². The molecule has 4 aromatic rings.